The Morgan fingerprint density at radius 1 is 0.846 bits per heavy atom. The van der Waals surface area contributed by atoms with Crippen molar-refractivity contribution in [2.24, 2.45) is 0 Å². The molecule has 4 nitrogen and oxygen atoms in total. The lowest BCUT2D eigenvalue weighted by Gasteiger charge is -2.22. The van der Waals surface area contributed by atoms with E-state index in [4.69, 9.17) is 4.74 Å². The minimum Gasteiger partial charge on any atom is -0.494 e. The number of sulfonamides is 1. The highest BCUT2D eigenvalue weighted by molar-refractivity contribution is 7.92. The van der Waals surface area contributed by atoms with Gasteiger partial charge in [0.1, 0.15) is 5.75 Å². The van der Waals surface area contributed by atoms with Gasteiger partial charge < -0.3 is 4.74 Å². The molecular weight excluding hydrogens is 346 g/mol. The van der Waals surface area contributed by atoms with Crippen molar-refractivity contribution in [3.8, 4) is 16.9 Å². The molecule has 0 amide bonds. The molecule has 0 aliphatic rings. The number of anilines is 1. The highest BCUT2D eigenvalue weighted by Gasteiger charge is 2.23. The van der Waals surface area contributed by atoms with Crippen LogP contribution in [-0.4, -0.2) is 22.1 Å². The van der Waals surface area contributed by atoms with E-state index >= 15 is 0 Å². The van der Waals surface area contributed by atoms with Crippen molar-refractivity contribution >= 4 is 15.7 Å². The average molecular weight is 367 g/mol. The molecule has 0 atom stereocenters. The Bertz CT molecular complexity index is 968. The van der Waals surface area contributed by atoms with Gasteiger partial charge in [0.2, 0.25) is 0 Å². The van der Waals surface area contributed by atoms with Crippen LogP contribution in [-0.2, 0) is 10.0 Å². The maximum absolute atomic E-state index is 13.1. The summed E-state index contributed by atoms with van der Waals surface area (Å²) in [5.41, 5.74) is 2.47. The summed E-state index contributed by atoms with van der Waals surface area (Å²) in [5, 5.41) is 0. The molecule has 0 unspecified atom stereocenters. The third kappa shape index (κ3) is 3.58. The number of para-hydroxylation sites is 1. The predicted octanol–water partition coefficient (Wildman–Crippen LogP) is 4.58. The Morgan fingerprint density at radius 3 is 2.12 bits per heavy atom. The lowest BCUT2D eigenvalue weighted by Crippen LogP contribution is -2.27. The lowest BCUT2D eigenvalue weighted by molar-refractivity contribution is 0.340. The maximum Gasteiger partial charge on any atom is 0.264 e. The van der Waals surface area contributed by atoms with E-state index in [0.717, 1.165) is 11.1 Å². The summed E-state index contributed by atoms with van der Waals surface area (Å²) in [5.74, 6) is 0.652. The molecule has 3 aromatic carbocycles. The van der Waals surface area contributed by atoms with Crippen molar-refractivity contribution < 1.29 is 13.2 Å². The molecule has 3 aromatic rings. The predicted molar refractivity (Wildman–Crippen MR) is 105 cm³/mol. The van der Waals surface area contributed by atoms with Crippen LogP contribution >= 0.6 is 0 Å². The fourth-order valence-electron chi connectivity index (χ4n) is 2.77. The Balaban J connectivity index is 2.00. The zero-order valence-corrected chi connectivity index (χ0v) is 15.6. The smallest absolute Gasteiger partial charge is 0.264 e. The van der Waals surface area contributed by atoms with Crippen molar-refractivity contribution in [2.45, 2.75) is 11.8 Å². The van der Waals surface area contributed by atoms with E-state index in [-0.39, 0.29) is 4.90 Å². The van der Waals surface area contributed by atoms with E-state index in [1.807, 2.05) is 61.5 Å². The maximum atomic E-state index is 13.1. The number of nitrogens with zero attached hydrogens (tertiary/aromatic N) is 1. The van der Waals surface area contributed by atoms with Crippen LogP contribution in [0.15, 0.2) is 83.8 Å². The first-order valence-electron chi connectivity index (χ1n) is 8.40. The van der Waals surface area contributed by atoms with Crippen LogP contribution < -0.4 is 9.04 Å². The van der Waals surface area contributed by atoms with Crippen molar-refractivity contribution in [1.29, 1.82) is 0 Å². The van der Waals surface area contributed by atoms with Crippen LogP contribution in [0.4, 0.5) is 5.69 Å². The fraction of sp³-hybridized carbons (Fsp3) is 0.143. The van der Waals surface area contributed by atoms with Crippen molar-refractivity contribution in [3.63, 3.8) is 0 Å². The molecule has 0 fully saturated rings. The van der Waals surface area contributed by atoms with Gasteiger partial charge in [0.25, 0.3) is 10.0 Å². The largest absolute Gasteiger partial charge is 0.494 e. The summed E-state index contributed by atoms with van der Waals surface area (Å²) in [6.45, 7) is 2.43. The minimum absolute atomic E-state index is 0.228. The molecule has 5 heteroatoms. The van der Waals surface area contributed by atoms with E-state index in [9.17, 15) is 8.42 Å². The van der Waals surface area contributed by atoms with Gasteiger partial charge in [-0.25, -0.2) is 8.42 Å². The van der Waals surface area contributed by atoms with Gasteiger partial charge in [0.15, 0.2) is 0 Å². The molecule has 134 valence electrons. The molecule has 0 aromatic heterocycles. The summed E-state index contributed by atoms with van der Waals surface area (Å²) in [6.07, 6.45) is 0. The number of rotatable bonds is 6. The third-order valence-electron chi connectivity index (χ3n) is 4.12. The van der Waals surface area contributed by atoms with Crippen LogP contribution in [0.25, 0.3) is 11.1 Å². The molecule has 0 heterocycles. The number of hydrogen-bond donors (Lipinski definition) is 0. The second-order valence-corrected chi connectivity index (χ2v) is 7.73. The summed E-state index contributed by atoms with van der Waals surface area (Å²) >= 11 is 0. The molecule has 0 N–H and O–H groups in total. The minimum atomic E-state index is -3.68. The molecular formula is C21H21NO3S. The highest BCUT2D eigenvalue weighted by atomic mass is 32.2. The van der Waals surface area contributed by atoms with Gasteiger partial charge in [-0.1, -0.05) is 48.5 Å². The molecule has 0 aliphatic carbocycles. The Labute approximate surface area is 154 Å². The standard InChI is InChI=1S/C21H21NO3S/c1-3-25-18-13-15-19(16-14-18)26(23,24)22(2)21-12-8-7-11-20(21)17-9-5-4-6-10-17/h4-16H,3H2,1-2H3. The van der Waals surface area contributed by atoms with Crippen LogP contribution in [0.3, 0.4) is 0 Å². The molecule has 0 spiro atoms. The number of ether oxygens (including phenoxy) is 1. The number of hydrogen-bond acceptors (Lipinski definition) is 3. The fourth-order valence-corrected chi connectivity index (χ4v) is 3.99. The highest BCUT2D eigenvalue weighted by Crippen LogP contribution is 2.33. The summed E-state index contributed by atoms with van der Waals surface area (Å²) in [7, 11) is -2.10. The van der Waals surface area contributed by atoms with Crippen LogP contribution in [0.1, 0.15) is 6.92 Å². The zero-order valence-electron chi connectivity index (χ0n) is 14.8. The molecule has 0 bridgehead atoms. The molecule has 0 saturated heterocycles. The van der Waals surface area contributed by atoms with Crippen LogP contribution in [0.5, 0.6) is 5.75 Å². The van der Waals surface area contributed by atoms with Gasteiger partial charge in [-0.15, -0.1) is 0 Å². The molecule has 0 radical (unpaired) electrons. The molecule has 26 heavy (non-hydrogen) atoms. The monoisotopic (exact) mass is 367 g/mol. The van der Waals surface area contributed by atoms with Crippen LogP contribution in [0.2, 0.25) is 0 Å². The van der Waals surface area contributed by atoms with E-state index in [1.54, 1.807) is 31.3 Å². The van der Waals surface area contributed by atoms with Gasteiger partial charge in [0, 0.05) is 12.6 Å². The van der Waals surface area contributed by atoms with Crippen molar-refractivity contribution in [2.75, 3.05) is 18.0 Å². The SMILES string of the molecule is CCOc1ccc(S(=O)(=O)N(C)c2ccccc2-c2ccccc2)cc1. The Morgan fingerprint density at radius 2 is 1.46 bits per heavy atom. The van der Waals surface area contributed by atoms with Gasteiger partial charge in [0.05, 0.1) is 17.2 Å². The normalized spacial score (nSPS) is 11.2. The van der Waals surface area contributed by atoms with Gasteiger partial charge in [-0.3, -0.25) is 4.31 Å². The van der Waals surface area contributed by atoms with E-state index in [2.05, 4.69) is 0 Å². The van der Waals surface area contributed by atoms with E-state index in [1.165, 1.54) is 4.31 Å². The van der Waals surface area contributed by atoms with Gasteiger partial charge in [-0.05, 0) is 42.8 Å². The quantitative estimate of drug-likeness (QED) is 0.641. The molecule has 0 aliphatic heterocycles. The summed E-state index contributed by atoms with van der Waals surface area (Å²) in [4.78, 5) is 0.228. The topological polar surface area (TPSA) is 46.6 Å². The third-order valence-corrected chi connectivity index (χ3v) is 5.91. The summed E-state index contributed by atoms with van der Waals surface area (Å²) < 4.78 is 32.9. The average Bonchev–Trinajstić information content (AvgIpc) is 2.69. The van der Waals surface area contributed by atoms with E-state index < -0.39 is 10.0 Å². The van der Waals surface area contributed by atoms with Crippen molar-refractivity contribution in [3.05, 3.63) is 78.9 Å². The second kappa shape index (κ2) is 7.62. The zero-order chi connectivity index (χ0) is 18.6. The molecule has 0 saturated carbocycles. The van der Waals surface area contributed by atoms with Crippen molar-refractivity contribution in [1.82, 2.24) is 0 Å². The molecule has 3 rings (SSSR count). The second-order valence-electron chi connectivity index (χ2n) is 5.76. The summed E-state index contributed by atoms with van der Waals surface area (Å²) in [6, 6.07) is 23.7. The first-order valence-corrected chi connectivity index (χ1v) is 9.84. The van der Waals surface area contributed by atoms with Gasteiger partial charge in [-0.2, -0.15) is 0 Å². The Kier molecular flexibility index (Phi) is 5.28. The van der Waals surface area contributed by atoms with E-state index in [0.29, 0.717) is 18.0 Å². The first kappa shape index (κ1) is 18.0. The lowest BCUT2D eigenvalue weighted by atomic mass is 10.0. The van der Waals surface area contributed by atoms with Crippen LogP contribution in [0, 0.1) is 0 Å². The van der Waals surface area contributed by atoms with Gasteiger partial charge >= 0.3 is 0 Å². The Hall–Kier alpha value is -2.79. The first-order chi connectivity index (χ1) is 12.5. The number of benzene rings is 3.